The Labute approximate surface area is 361 Å². The van der Waals surface area contributed by atoms with E-state index in [1.807, 2.05) is 0 Å². The van der Waals surface area contributed by atoms with Gasteiger partial charge in [0.05, 0.1) is 5.30 Å². The zero-order valence-corrected chi connectivity index (χ0v) is 41.0. The van der Waals surface area contributed by atoms with E-state index in [2.05, 4.69) is 214 Å². The minimum Gasteiger partial charge on any atom is -0.472 e. The molecule has 5 rings (SSSR count). The summed E-state index contributed by atoms with van der Waals surface area (Å²) >= 11 is 0. The molecule has 3 nitrogen and oxygen atoms in total. The predicted molar refractivity (Wildman–Crippen MR) is 259 cm³/mol. The van der Waals surface area contributed by atoms with Crippen LogP contribution in [-0.2, 0) is 34.5 Å². The lowest BCUT2D eigenvalue weighted by molar-refractivity contribution is 0.468. The van der Waals surface area contributed by atoms with Crippen LogP contribution in [0, 0.1) is 11.8 Å². The van der Waals surface area contributed by atoms with E-state index in [9.17, 15) is 0 Å². The predicted octanol–water partition coefficient (Wildman–Crippen LogP) is 15.3. The molecule has 0 amide bonds. The molecule has 5 aromatic rings. The quantitative estimate of drug-likeness (QED) is 0.111. The molecule has 0 aliphatic carbocycles. The third-order valence-electron chi connectivity index (χ3n) is 10.6. The van der Waals surface area contributed by atoms with E-state index in [1.54, 1.807) is 0 Å². The van der Waals surface area contributed by atoms with Crippen molar-refractivity contribution < 1.29 is 13.6 Å². The third-order valence-corrected chi connectivity index (χ3v) is 12.9. The molecule has 1 atom stereocenters. The fourth-order valence-corrected chi connectivity index (χ4v) is 9.30. The van der Waals surface area contributed by atoms with Crippen LogP contribution in [0.25, 0.3) is 11.1 Å². The summed E-state index contributed by atoms with van der Waals surface area (Å²) in [5.74, 6) is 3.88. The van der Waals surface area contributed by atoms with Gasteiger partial charge >= 0.3 is 8.38 Å². The summed E-state index contributed by atoms with van der Waals surface area (Å²) in [7, 11) is -1.32. The Balaban J connectivity index is 1.44. The van der Waals surface area contributed by atoms with Gasteiger partial charge in [0.25, 0.3) is 0 Å². The Morgan fingerprint density at radius 3 is 1.27 bits per heavy atom. The van der Waals surface area contributed by atoms with Crippen LogP contribution in [0.15, 0.2) is 103 Å². The topological polar surface area (TPSA) is 27.7 Å². The molecule has 0 aliphatic rings. The molecule has 0 spiro atoms. The molecule has 5 aromatic carbocycles. The summed E-state index contributed by atoms with van der Waals surface area (Å²) in [5, 5.41) is 2.19. The molecular formula is C54H72O3P2. The molecule has 0 saturated carbocycles. The zero-order chi connectivity index (χ0) is 43.5. The van der Waals surface area contributed by atoms with Gasteiger partial charge < -0.3 is 13.6 Å². The van der Waals surface area contributed by atoms with Gasteiger partial charge in [-0.15, -0.1) is 0 Å². The van der Waals surface area contributed by atoms with Gasteiger partial charge in [-0.05, 0) is 104 Å². The van der Waals surface area contributed by atoms with E-state index < -0.39 is 8.38 Å². The number of benzene rings is 5. The highest BCUT2D eigenvalue weighted by Gasteiger charge is 2.28. The zero-order valence-electron chi connectivity index (χ0n) is 39.1. The van der Waals surface area contributed by atoms with E-state index in [0.717, 1.165) is 46.5 Å². The maximum absolute atomic E-state index is 7.09. The maximum Gasteiger partial charge on any atom is 0.326 e. The van der Waals surface area contributed by atoms with Crippen LogP contribution in [0.4, 0.5) is 0 Å². The summed E-state index contributed by atoms with van der Waals surface area (Å²) in [5.41, 5.74) is 9.82. The van der Waals surface area contributed by atoms with Crippen molar-refractivity contribution in [2.45, 2.75) is 145 Å². The van der Waals surface area contributed by atoms with E-state index in [0.29, 0.717) is 11.8 Å². The van der Waals surface area contributed by atoms with Gasteiger partial charge in [-0.1, -0.05) is 184 Å². The van der Waals surface area contributed by atoms with Crippen LogP contribution >= 0.6 is 17.2 Å². The fraction of sp³-hybridized carbons (Fsp3) is 0.444. The Bertz CT molecular complexity index is 2080. The van der Waals surface area contributed by atoms with Gasteiger partial charge in [0, 0.05) is 22.0 Å². The highest BCUT2D eigenvalue weighted by molar-refractivity contribution is 7.56. The second kappa shape index (κ2) is 18.5. The summed E-state index contributed by atoms with van der Waals surface area (Å²) in [6.07, 6.45) is 2.07. The van der Waals surface area contributed by atoms with Gasteiger partial charge in [0.2, 0.25) is 0 Å². The van der Waals surface area contributed by atoms with Crippen LogP contribution in [0.3, 0.4) is 0 Å². The van der Waals surface area contributed by atoms with E-state index >= 15 is 0 Å². The Morgan fingerprint density at radius 1 is 0.458 bits per heavy atom. The van der Waals surface area contributed by atoms with Crippen molar-refractivity contribution in [2.24, 2.45) is 11.8 Å². The summed E-state index contributed by atoms with van der Waals surface area (Å²) < 4.78 is 20.7. The summed E-state index contributed by atoms with van der Waals surface area (Å²) in [6.45, 7) is 36.3. The second-order valence-electron chi connectivity index (χ2n) is 21.3. The fourth-order valence-electron chi connectivity index (χ4n) is 7.28. The standard InChI is InChI=1S/C54H72O3P2/c1-36(2)31-38-17-28-49(45(33-38)52(8,9)10)56-59(57-50-29-18-39(32-37(3)4)34-46(50)53(11,12)13)44-26-21-41(22-27-44)40-19-24-43(25-20-40)58-55-48-30-23-42(51(5,6)7)35-47(48)54(14,15)16/h17-30,33-37,58H,31-32H2,1-16H3. The lowest BCUT2D eigenvalue weighted by atomic mass is 9.80. The van der Waals surface area contributed by atoms with Crippen LogP contribution in [0.5, 0.6) is 17.2 Å². The maximum atomic E-state index is 7.09. The molecule has 1 unspecified atom stereocenters. The number of hydrogen-bond donors (Lipinski definition) is 0. The highest BCUT2D eigenvalue weighted by atomic mass is 31.2. The molecule has 0 saturated heterocycles. The van der Waals surface area contributed by atoms with Gasteiger partial charge in [0.15, 0.2) is 0 Å². The first kappa shape index (κ1) is 46.4. The number of rotatable bonds is 13. The van der Waals surface area contributed by atoms with Crippen LogP contribution in [-0.4, -0.2) is 0 Å². The normalized spacial score (nSPS) is 12.9. The van der Waals surface area contributed by atoms with Crippen molar-refractivity contribution in [1.82, 2.24) is 0 Å². The minimum atomic E-state index is -1.54. The average molecular weight is 831 g/mol. The smallest absolute Gasteiger partial charge is 0.326 e. The lowest BCUT2D eigenvalue weighted by Crippen LogP contribution is -2.18. The number of hydrogen-bond acceptors (Lipinski definition) is 3. The Kier molecular flexibility index (Phi) is 14.6. The van der Waals surface area contributed by atoms with Crippen molar-refractivity contribution in [3.8, 4) is 28.4 Å². The first-order valence-electron chi connectivity index (χ1n) is 21.6. The SMILES string of the molecule is CC(C)Cc1ccc(OP(Oc2ccc(CC(C)C)cc2C(C)(C)C)c2ccc(-c3ccc(POc4ccc(C(C)(C)C)cc4C(C)(C)C)cc3)cc2)c(C(C)(C)C)c1. The van der Waals surface area contributed by atoms with Crippen molar-refractivity contribution in [2.75, 3.05) is 0 Å². The molecule has 0 fully saturated rings. The molecule has 0 aromatic heterocycles. The van der Waals surface area contributed by atoms with Gasteiger partial charge in [0.1, 0.15) is 26.1 Å². The van der Waals surface area contributed by atoms with E-state index in [-0.39, 0.29) is 30.5 Å². The Hall–Kier alpha value is -3.64. The molecular weight excluding hydrogens is 759 g/mol. The summed E-state index contributed by atoms with van der Waals surface area (Å²) in [4.78, 5) is 0. The molecule has 0 bridgehead atoms. The van der Waals surface area contributed by atoms with Crippen molar-refractivity contribution in [3.05, 3.63) is 137 Å². The molecule has 0 radical (unpaired) electrons. The Morgan fingerprint density at radius 2 is 0.864 bits per heavy atom. The third kappa shape index (κ3) is 12.7. The molecule has 0 heterocycles. The summed E-state index contributed by atoms with van der Waals surface area (Å²) in [6, 6.07) is 37.7. The van der Waals surface area contributed by atoms with Gasteiger partial charge in [-0.3, -0.25) is 0 Å². The lowest BCUT2D eigenvalue weighted by Gasteiger charge is -2.29. The molecule has 0 aliphatic heterocycles. The molecule has 316 valence electrons. The molecule has 0 N–H and O–H groups in total. The first-order chi connectivity index (χ1) is 27.4. The first-order valence-corrected chi connectivity index (χ1v) is 23.7. The molecule has 59 heavy (non-hydrogen) atoms. The highest BCUT2D eigenvalue weighted by Crippen LogP contribution is 2.47. The van der Waals surface area contributed by atoms with Crippen LogP contribution < -0.4 is 24.2 Å². The van der Waals surface area contributed by atoms with Crippen molar-refractivity contribution in [3.63, 3.8) is 0 Å². The van der Waals surface area contributed by atoms with E-state index in [4.69, 9.17) is 13.6 Å². The van der Waals surface area contributed by atoms with Crippen LogP contribution in [0.2, 0.25) is 0 Å². The average Bonchev–Trinajstić information content (AvgIpc) is 3.13. The molecule has 5 heteroatoms. The largest absolute Gasteiger partial charge is 0.472 e. The minimum absolute atomic E-state index is 0.0204. The van der Waals surface area contributed by atoms with Gasteiger partial charge in [-0.2, -0.15) is 0 Å². The van der Waals surface area contributed by atoms with E-state index in [1.165, 1.54) is 38.7 Å². The second-order valence-corrected chi connectivity index (χ2v) is 23.7. The monoisotopic (exact) mass is 830 g/mol. The van der Waals surface area contributed by atoms with Crippen molar-refractivity contribution in [1.29, 1.82) is 0 Å². The van der Waals surface area contributed by atoms with Crippen LogP contribution in [0.1, 0.15) is 144 Å². The van der Waals surface area contributed by atoms with Gasteiger partial charge in [-0.25, -0.2) is 0 Å². The van der Waals surface area contributed by atoms with Crippen molar-refractivity contribution >= 4 is 27.8 Å².